The van der Waals surface area contributed by atoms with E-state index in [0.717, 1.165) is 5.56 Å². The lowest BCUT2D eigenvalue weighted by Crippen LogP contribution is -1.81. The Morgan fingerprint density at radius 2 is 2.25 bits per heavy atom. The molecular weight excluding hydrogens is 98.1 g/mol. The van der Waals surface area contributed by atoms with E-state index in [1.54, 1.807) is 6.92 Å². The molecule has 2 N–H and O–H groups in total. The minimum Gasteiger partial charge on any atom is -0.399 e. The quantitative estimate of drug-likeness (QED) is 0.547. The monoisotopic (exact) mass is 111 g/mol. The zero-order chi connectivity index (χ0) is 9.30. The van der Waals surface area contributed by atoms with Gasteiger partial charge in [-0.1, -0.05) is 17.7 Å². The molecular formula is C7H9N. The third kappa shape index (κ3) is 0.997. The first kappa shape index (κ1) is 2.09. The largest absolute Gasteiger partial charge is 0.399 e. The Kier molecular flexibility index (Phi) is 0.488. The zero-order valence-electron chi connectivity index (χ0n) is 8.60. The summed E-state index contributed by atoms with van der Waals surface area (Å²) in [6, 6.07) is 3.16. The Hall–Kier alpha value is -0.980. The lowest BCUT2D eigenvalue weighted by Gasteiger charge is -1.90. The Morgan fingerprint density at radius 3 is 2.75 bits per heavy atom. The Labute approximate surface area is 54.9 Å². The minimum atomic E-state index is 0.0144. The first-order valence-corrected chi connectivity index (χ1v) is 2.38. The van der Waals surface area contributed by atoms with Gasteiger partial charge in [-0.05, 0) is 19.0 Å². The van der Waals surface area contributed by atoms with Crippen LogP contribution in [0.15, 0.2) is 24.2 Å². The van der Waals surface area contributed by atoms with Crippen molar-refractivity contribution in [1.29, 1.82) is 0 Å². The number of hydrogen-bond acceptors (Lipinski definition) is 1. The highest BCUT2D eigenvalue weighted by Crippen LogP contribution is 2.02. The summed E-state index contributed by atoms with van der Waals surface area (Å²) < 4.78 is 28.6. The molecule has 0 amide bonds. The molecule has 1 heteroatoms. The van der Waals surface area contributed by atoms with Crippen molar-refractivity contribution in [3.63, 3.8) is 0 Å². The van der Waals surface area contributed by atoms with Gasteiger partial charge in [-0.2, -0.15) is 0 Å². The Balaban J connectivity index is 3.28. The molecule has 1 aromatic carbocycles. The fourth-order valence-electron chi connectivity index (χ4n) is 0.448. The number of hydrogen-bond donors (Lipinski definition) is 1. The summed E-state index contributed by atoms with van der Waals surface area (Å²) in [4.78, 5) is 0. The van der Waals surface area contributed by atoms with Crippen LogP contribution >= 0.6 is 0 Å². The van der Waals surface area contributed by atoms with Gasteiger partial charge in [0, 0.05) is 5.69 Å². The van der Waals surface area contributed by atoms with Gasteiger partial charge in [0.2, 0.25) is 0 Å². The van der Waals surface area contributed by atoms with Crippen LogP contribution < -0.4 is 5.72 Å². The molecule has 0 aliphatic heterocycles. The molecule has 0 atom stereocenters. The molecule has 1 nitrogen and oxygen atoms in total. The molecule has 0 spiro atoms. The maximum absolute atomic E-state index is 7.38. The van der Waals surface area contributed by atoms with Gasteiger partial charge in [0.25, 0.3) is 0 Å². The van der Waals surface area contributed by atoms with Crippen molar-refractivity contribution < 1.29 is 5.57 Å². The van der Waals surface area contributed by atoms with E-state index in [1.165, 1.54) is 12.1 Å². The van der Waals surface area contributed by atoms with Crippen molar-refractivity contribution in [3.05, 3.63) is 29.8 Å². The average molecular weight is 111 g/mol. The number of benzene rings is 1. The normalized spacial score (nSPS) is 15.6. The van der Waals surface area contributed by atoms with Crippen molar-refractivity contribution in [2.75, 3.05) is 5.72 Å². The molecule has 1 aromatic rings. The summed E-state index contributed by atoms with van der Waals surface area (Å²) in [6.07, 6.45) is 0. The summed E-state index contributed by atoms with van der Waals surface area (Å²) in [5.74, 6) is 0. The van der Waals surface area contributed by atoms with E-state index >= 15 is 0 Å². The van der Waals surface area contributed by atoms with E-state index < -0.39 is 0 Å². The lowest BCUT2D eigenvalue weighted by atomic mass is 10.2. The maximum Gasteiger partial charge on any atom is 0.156 e. The first-order chi connectivity index (χ1) is 5.52. The van der Waals surface area contributed by atoms with E-state index in [9.17, 15) is 0 Å². The van der Waals surface area contributed by atoms with Crippen LogP contribution in [0.2, 0.25) is 2.82 Å². The molecule has 42 valence electrons. The second-order valence-corrected chi connectivity index (χ2v) is 1.67. The van der Waals surface area contributed by atoms with Gasteiger partial charge in [0.15, 0.2) is 2.82 Å². The van der Waals surface area contributed by atoms with Crippen LogP contribution in [0.4, 0.5) is 5.69 Å². The van der Waals surface area contributed by atoms with Gasteiger partial charge < -0.3 is 5.72 Å². The molecule has 1 rings (SSSR count). The maximum atomic E-state index is 7.38. The number of aryl methyl sites for hydroxylation is 1. The van der Waals surface area contributed by atoms with Crippen molar-refractivity contribution in [1.82, 2.24) is 0 Å². The number of rotatable bonds is 1. The molecule has 0 heterocycles. The lowest BCUT2D eigenvalue weighted by molar-refractivity contribution is 1.47. The highest BCUT2D eigenvalue weighted by atomic mass is 14.5. The predicted octanol–water partition coefficient (Wildman–Crippen LogP) is 1.58. The Bertz CT molecular complexity index is 274. The fourth-order valence-corrected chi connectivity index (χ4v) is 0.448. The zero-order valence-corrected chi connectivity index (χ0v) is 4.60. The van der Waals surface area contributed by atoms with Crippen molar-refractivity contribution in [2.45, 2.75) is 6.92 Å². The highest BCUT2D eigenvalue weighted by Gasteiger charge is 1.80. The van der Waals surface area contributed by atoms with E-state index in [1.807, 2.05) is 0 Å². The fraction of sp³-hybridized carbons (Fsp3) is 0.143. The van der Waals surface area contributed by atoms with Gasteiger partial charge in [0.1, 0.15) is 0 Å². The summed E-state index contributed by atoms with van der Waals surface area (Å²) >= 11 is 0. The highest BCUT2D eigenvalue weighted by molar-refractivity contribution is 5.38. The SMILES string of the molecule is [2H]c1cc(C)cc([2H])c1N([2H])[2H]. The molecule has 0 aliphatic carbocycles. The van der Waals surface area contributed by atoms with Crippen LogP contribution in [0.1, 0.15) is 8.30 Å². The van der Waals surface area contributed by atoms with Gasteiger partial charge in [0.05, 0.1) is 2.74 Å². The molecule has 0 saturated carbocycles. The summed E-state index contributed by atoms with van der Waals surface area (Å²) in [5.41, 5.74) is 1.11. The molecule has 8 heavy (non-hydrogen) atoms. The van der Waals surface area contributed by atoms with Gasteiger partial charge >= 0.3 is 0 Å². The summed E-state index contributed by atoms with van der Waals surface area (Å²) in [6.45, 7) is 1.78. The van der Waals surface area contributed by atoms with Crippen molar-refractivity contribution in [3.8, 4) is 0 Å². The molecule has 0 saturated heterocycles. The summed E-state index contributed by atoms with van der Waals surface area (Å²) in [7, 11) is 0. The van der Waals surface area contributed by atoms with Crippen LogP contribution in [0.25, 0.3) is 0 Å². The van der Waals surface area contributed by atoms with Gasteiger partial charge in [-0.3, -0.25) is 0 Å². The molecule has 0 bridgehead atoms. The summed E-state index contributed by atoms with van der Waals surface area (Å²) in [5, 5.41) is 0. The van der Waals surface area contributed by atoms with E-state index in [0.29, 0.717) is 5.72 Å². The van der Waals surface area contributed by atoms with Crippen LogP contribution in [-0.4, -0.2) is 0 Å². The van der Waals surface area contributed by atoms with Crippen molar-refractivity contribution in [2.24, 2.45) is 0 Å². The predicted molar refractivity (Wildman–Crippen MR) is 35.6 cm³/mol. The van der Waals surface area contributed by atoms with Crippen LogP contribution in [0.5, 0.6) is 0 Å². The standard InChI is InChI=1S/C7H9N/c1-6-2-4-7(8)5-3-6/h2-5H,8H2,1H3/i4D,5D/hD2. The molecule has 0 radical (unpaired) electrons. The number of anilines is 1. The molecule has 0 aliphatic rings. The van der Waals surface area contributed by atoms with Crippen molar-refractivity contribution >= 4 is 5.69 Å². The smallest absolute Gasteiger partial charge is 0.156 e. The number of nitrogen functional groups attached to an aromatic ring is 1. The molecule has 0 aromatic heterocycles. The molecule has 0 unspecified atom stereocenters. The third-order valence-electron chi connectivity index (χ3n) is 0.873. The van der Waals surface area contributed by atoms with Gasteiger partial charge in [-0.15, -0.1) is 0 Å². The van der Waals surface area contributed by atoms with E-state index in [-0.39, 0.29) is 17.8 Å². The van der Waals surface area contributed by atoms with E-state index in [2.05, 4.69) is 0 Å². The second-order valence-electron chi connectivity index (χ2n) is 1.67. The topological polar surface area (TPSA) is 26.0 Å². The van der Waals surface area contributed by atoms with Crippen LogP contribution in [-0.2, 0) is 0 Å². The number of nitrogens with two attached hydrogens (primary N) is 1. The minimum absolute atomic E-state index is 0.0144. The second kappa shape index (κ2) is 1.86. The molecule has 0 fully saturated rings. The van der Waals surface area contributed by atoms with Crippen LogP contribution in [0, 0.1) is 6.92 Å². The van der Waals surface area contributed by atoms with E-state index in [4.69, 9.17) is 5.57 Å². The van der Waals surface area contributed by atoms with Gasteiger partial charge in [-0.25, -0.2) is 0 Å². The van der Waals surface area contributed by atoms with Crippen LogP contribution in [0.3, 0.4) is 0 Å². The first-order valence-electron chi connectivity index (χ1n) is 4.27. The third-order valence-corrected chi connectivity index (χ3v) is 0.873. The Morgan fingerprint density at radius 1 is 1.62 bits per heavy atom. The average Bonchev–Trinajstić information content (AvgIpc) is 1.82.